The third kappa shape index (κ3) is 3.99. The molecule has 2 heterocycles. The Kier molecular flexibility index (Phi) is 4.81. The Balaban J connectivity index is 1.62. The van der Waals surface area contributed by atoms with Gasteiger partial charge in [0.15, 0.2) is 6.61 Å². The Bertz CT molecular complexity index is 686. The summed E-state index contributed by atoms with van der Waals surface area (Å²) in [4.78, 5) is 13.6. The van der Waals surface area contributed by atoms with Gasteiger partial charge in [0.05, 0.1) is 23.8 Å². The smallest absolute Gasteiger partial charge is 0.262 e. The van der Waals surface area contributed by atoms with E-state index >= 15 is 0 Å². The predicted octanol–water partition coefficient (Wildman–Crippen LogP) is -0.372. The molecule has 2 aliphatic rings. The van der Waals surface area contributed by atoms with E-state index in [-0.39, 0.29) is 17.4 Å². The Hall–Kier alpha value is -1.68. The van der Waals surface area contributed by atoms with Crippen molar-refractivity contribution in [2.24, 2.45) is 0 Å². The minimum Gasteiger partial charge on any atom is -0.482 e. The van der Waals surface area contributed by atoms with Crippen molar-refractivity contribution in [2.75, 3.05) is 51.3 Å². The fraction of sp³-hybridized carbons (Fsp3) is 0.500. The van der Waals surface area contributed by atoms with E-state index in [2.05, 4.69) is 14.9 Å². The third-order valence-corrected chi connectivity index (χ3v) is 5.18. The minimum atomic E-state index is -3.63. The van der Waals surface area contributed by atoms with Crippen LogP contribution in [0, 0.1) is 0 Å². The number of carbonyl (C=O) groups excluding carboxylic acids is 1. The number of hydrogen-bond donors (Lipinski definition) is 2. The molecule has 0 spiro atoms. The summed E-state index contributed by atoms with van der Waals surface area (Å²) in [7, 11) is -3.63. The molecule has 1 amide bonds. The summed E-state index contributed by atoms with van der Waals surface area (Å²) in [6, 6.07) is 4.42. The van der Waals surface area contributed by atoms with Crippen molar-refractivity contribution in [2.45, 2.75) is 4.90 Å². The van der Waals surface area contributed by atoms with Crippen LogP contribution in [0.25, 0.3) is 0 Å². The molecule has 2 aliphatic heterocycles. The standard InChI is InChI=1S/C14H19N3O5S/c18-14-10-22-13-2-1-11(9-12(13)16-14)23(19,20)15-3-4-17-5-7-21-8-6-17/h1-2,9,15H,3-8,10H2,(H,16,18). The number of hydrogen-bond acceptors (Lipinski definition) is 6. The monoisotopic (exact) mass is 341 g/mol. The first-order chi connectivity index (χ1) is 11.0. The van der Waals surface area contributed by atoms with Gasteiger partial charge in [-0.3, -0.25) is 9.69 Å². The van der Waals surface area contributed by atoms with Gasteiger partial charge in [-0.2, -0.15) is 0 Å². The van der Waals surface area contributed by atoms with Gasteiger partial charge in [-0.1, -0.05) is 0 Å². The van der Waals surface area contributed by atoms with Gasteiger partial charge < -0.3 is 14.8 Å². The lowest BCUT2D eigenvalue weighted by Gasteiger charge is -2.26. The van der Waals surface area contributed by atoms with E-state index in [0.717, 1.165) is 13.1 Å². The molecule has 0 unspecified atom stereocenters. The normalized spacial score (nSPS) is 18.9. The number of fused-ring (bicyclic) bond motifs is 1. The van der Waals surface area contributed by atoms with Crippen molar-refractivity contribution in [1.29, 1.82) is 0 Å². The minimum absolute atomic E-state index is 0.0586. The van der Waals surface area contributed by atoms with Crippen LogP contribution in [0.15, 0.2) is 23.1 Å². The third-order valence-electron chi connectivity index (χ3n) is 3.72. The van der Waals surface area contributed by atoms with Crippen LogP contribution in [-0.2, 0) is 19.6 Å². The van der Waals surface area contributed by atoms with Crippen molar-refractivity contribution in [1.82, 2.24) is 9.62 Å². The molecule has 126 valence electrons. The molecule has 2 N–H and O–H groups in total. The van der Waals surface area contributed by atoms with Crippen LogP contribution < -0.4 is 14.8 Å². The van der Waals surface area contributed by atoms with E-state index in [0.29, 0.717) is 37.7 Å². The van der Waals surface area contributed by atoms with Crippen molar-refractivity contribution in [3.63, 3.8) is 0 Å². The highest BCUT2D eigenvalue weighted by molar-refractivity contribution is 7.89. The molecular weight excluding hydrogens is 322 g/mol. The van der Waals surface area contributed by atoms with Crippen LogP contribution in [0.4, 0.5) is 5.69 Å². The summed E-state index contributed by atoms with van der Waals surface area (Å²) in [5, 5.41) is 2.60. The van der Waals surface area contributed by atoms with Gasteiger partial charge in [0.25, 0.3) is 5.91 Å². The predicted molar refractivity (Wildman–Crippen MR) is 83.0 cm³/mol. The summed E-state index contributed by atoms with van der Waals surface area (Å²) >= 11 is 0. The maximum atomic E-state index is 12.3. The zero-order chi connectivity index (χ0) is 16.3. The Morgan fingerprint density at radius 1 is 1.26 bits per heavy atom. The largest absolute Gasteiger partial charge is 0.482 e. The van der Waals surface area contributed by atoms with Gasteiger partial charge in [0, 0.05) is 26.2 Å². The Morgan fingerprint density at radius 3 is 2.83 bits per heavy atom. The fourth-order valence-corrected chi connectivity index (χ4v) is 3.52. The number of anilines is 1. The highest BCUT2D eigenvalue weighted by Crippen LogP contribution is 2.29. The van der Waals surface area contributed by atoms with E-state index in [9.17, 15) is 13.2 Å². The highest BCUT2D eigenvalue weighted by Gasteiger charge is 2.21. The first kappa shape index (κ1) is 16.2. The molecule has 0 aliphatic carbocycles. The molecule has 1 aromatic rings. The molecule has 1 aromatic carbocycles. The lowest BCUT2D eigenvalue weighted by Crippen LogP contribution is -2.41. The highest BCUT2D eigenvalue weighted by atomic mass is 32.2. The van der Waals surface area contributed by atoms with Crippen molar-refractivity contribution in [3.8, 4) is 5.75 Å². The van der Waals surface area contributed by atoms with Gasteiger partial charge in [-0.05, 0) is 18.2 Å². The summed E-state index contributed by atoms with van der Waals surface area (Å²) < 4.78 is 37.7. The number of amides is 1. The van der Waals surface area contributed by atoms with Gasteiger partial charge in [0.2, 0.25) is 10.0 Å². The quantitative estimate of drug-likeness (QED) is 0.758. The molecule has 23 heavy (non-hydrogen) atoms. The van der Waals surface area contributed by atoms with Crippen molar-refractivity contribution < 1.29 is 22.7 Å². The zero-order valence-electron chi connectivity index (χ0n) is 12.6. The number of nitrogens with one attached hydrogen (secondary N) is 2. The average molecular weight is 341 g/mol. The van der Waals surface area contributed by atoms with E-state index in [1.165, 1.54) is 12.1 Å². The topological polar surface area (TPSA) is 97.0 Å². The summed E-state index contributed by atoms with van der Waals surface area (Å²) in [6.45, 7) is 3.87. The number of ether oxygens (including phenoxy) is 2. The molecule has 3 rings (SSSR count). The fourth-order valence-electron chi connectivity index (χ4n) is 2.48. The SMILES string of the molecule is O=C1COc2ccc(S(=O)(=O)NCCN3CCOCC3)cc2N1. The average Bonchev–Trinajstić information content (AvgIpc) is 2.55. The lowest BCUT2D eigenvalue weighted by molar-refractivity contribution is -0.118. The molecule has 0 bridgehead atoms. The molecule has 9 heteroatoms. The summed E-state index contributed by atoms with van der Waals surface area (Å²) in [5.41, 5.74) is 0.373. The zero-order valence-corrected chi connectivity index (χ0v) is 13.4. The molecule has 1 saturated heterocycles. The van der Waals surface area contributed by atoms with Crippen LogP contribution in [-0.4, -0.2) is 65.2 Å². The molecule has 0 saturated carbocycles. The number of sulfonamides is 1. The van der Waals surface area contributed by atoms with E-state index in [4.69, 9.17) is 9.47 Å². The second kappa shape index (κ2) is 6.83. The first-order valence-electron chi connectivity index (χ1n) is 7.41. The number of rotatable bonds is 5. The van der Waals surface area contributed by atoms with Gasteiger partial charge in [-0.15, -0.1) is 0 Å². The number of carbonyl (C=O) groups is 1. The summed E-state index contributed by atoms with van der Waals surface area (Å²) in [6.07, 6.45) is 0. The number of benzene rings is 1. The van der Waals surface area contributed by atoms with Crippen LogP contribution >= 0.6 is 0 Å². The lowest BCUT2D eigenvalue weighted by atomic mass is 10.2. The van der Waals surface area contributed by atoms with E-state index in [1.807, 2.05) is 0 Å². The van der Waals surface area contributed by atoms with Crippen LogP contribution in [0.2, 0.25) is 0 Å². The van der Waals surface area contributed by atoms with Crippen LogP contribution in [0.3, 0.4) is 0 Å². The van der Waals surface area contributed by atoms with Crippen molar-refractivity contribution in [3.05, 3.63) is 18.2 Å². The Labute approximate surface area is 134 Å². The van der Waals surface area contributed by atoms with E-state index < -0.39 is 10.0 Å². The molecule has 0 aromatic heterocycles. The number of nitrogens with zero attached hydrogens (tertiary/aromatic N) is 1. The van der Waals surface area contributed by atoms with Gasteiger partial charge in [-0.25, -0.2) is 13.1 Å². The molecule has 8 nitrogen and oxygen atoms in total. The van der Waals surface area contributed by atoms with Crippen LogP contribution in [0.5, 0.6) is 5.75 Å². The van der Waals surface area contributed by atoms with Gasteiger partial charge >= 0.3 is 0 Å². The van der Waals surface area contributed by atoms with Crippen molar-refractivity contribution >= 4 is 21.6 Å². The van der Waals surface area contributed by atoms with E-state index in [1.54, 1.807) is 6.07 Å². The maximum absolute atomic E-state index is 12.3. The first-order valence-corrected chi connectivity index (χ1v) is 8.89. The molecule has 1 fully saturated rings. The Morgan fingerprint density at radius 2 is 2.04 bits per heavy atom. The second-order valence-electron chi connectivity index (χ2n) is 5.35. The summed E-state index contributed by atoms with van der Waals surface area (Å²) in [5.74, 6) is 0.171. The van der Waals surface area contributed by atoms with Crippen LogP contribution in [0.1, 0.15) is 0 Å². The van der Waals surface area contributed by atoms with Gasteiger partial charge in [0.1, 0.15) is 5.75 Å². The second-order valence-corrected chi connectivity index (χ2v) is 7.11. The molecule has 0 radical (unpaired) electrons. The molecular formula is C14H19N3O5S. The maximum Gasteiger partial charge on any atom is 0.262 e. The number of morpholine rings is 1. The molecule has 0 atom stereocenters.